The van der Waals surface area contributed by atoms with E-state index >= 15 is 0 Å². The Hall–Kier alpha value is -1.90. The fourth-order valence-electron chi connectivity index (χ4n) is 4.29. The van der Waals surface area contributed by atoms with Crippen molar-refractivity contribution < 1.29 is 13.2 Å². The Bertz CT molecular complexity index is 929. The Morgan fingerprint density at radius 1 is 1.00 bits per heavy atom. The van der Waals surface area contributed by atoms with Crippen LogP contribution in [0.1, 0.15) is 38.5 Å². The van der Waals surface area contributed by atoms with Gasteiger partial charge in [-0.3, -0.25) is 4.79 Å². The molecule has 2 fully saturated rings. The summed E-state index contributed by atoms with van der Waals surface area (Å²) in [7, 11) is -3.43. The normalized spacial score (nSPS) is 19.1. The Labute approximate surface area is 182 Å². The van der Waals surface area contributed by atoms with Crippen molar-refractivity contribution in [3.05, 3.63) is 41.8 Å². The van der Waals surface area contributed by atoms with Gasteiger partial charge in [0.2, 0.25) is 5.91 Å². The molecule has 1 aliphatic carbocycles. The first-order chi connectivity index (χ1) is 14.5. The molecule has 8 heteroatoms. The molecule has 0 radical (unpaired) electrons. The number of amides is 1. The number of nitrogens with one attached hydrogen (secondary N) is 2. The van der Waals surface area contributed by atoms with E-state index in [0.29, 0.717) is 30.1 Å². The first-order valence-electron chi connectivity index (χ1n) is 10.7. The molecule has 162 valence electrons. The SMILES string of the molecule is O=C(Nc1ccc(NCC2CCCC2)cc1)C1CCN(S(=O)(=O)c2cccs2)CC1. The smallest absolute Gasteiger partial charge is 0.252 e. The lowest BCUT2D eigenvalue weighted by atomic mass is 9.97. The van der Waals surface area contributed by atoms with Crippen molar-refractivity contribution in [3.63, 3.8) is 0 Å². The number of rotatable bonds is 7. The highest BCUT2D eigenvalue weighted by Crippen LogP contribution is 2.28. The first kappa shape index (κ1) is 21.3. The van der Waals surface area contributed by atoms with Gasteiger partial charge >= 0.3 is 0 Å². The first-order valence-corrected chi connectivity index (χ1v) is 13.0. The minimum absolute atomic E-state index is 0.0326. The van der Waals surface area contributed by atoms with Crippen LogP contribution in [0.15, 0.2) is 46.0 Å². The van der Waals surface area contributed by atoms with Gasteiger partial charge in [0.05, 0.1) is 0 Å². The van der Waals surface area contributed by atoms with Gasteiger partial charge in [0, 0.05) is 36.9 Å². The summed E-state index contributed by atoms with van der Waals surface area (Å²) in [5.41, 5.74) is 1.85. The van der Waals surface area contributed by atoms with Gasteiger partial charge in [-0.25, -0.2) is 8.42 Å². The molecule has 2 N–H and O–H groups in total. The number of thiophene rings is 1. The molecule has 2 heterocycles. The maximum absolute atomic E-state index is 12.6. The van der Waals surface area contributed by atoms with Crippen LogP contribution in [0.25, 0.3) is 0 Å². The third kappa shape index (κ3) is 5.04. The van der Waals surface area contributed by atoms with Crippen LogP contribution in [-0.2, 0) is 14.8 Å². The van der Waals surface area contributed by atoms with Crippen molar-refractivity contribution in [2.24, 2.45) is 11.8 Å². The lowest BCUT2D eigenvalue weighted by molar-refractivity contribution is -0.120. The molecule has 0 bridgehead atoms. The average Bonchev–Trinajstić information content (AvgIpc) is 3.48. The molecule has 4 rings (SSSR count). The number of hydrogen-bond donors (Lipinski definition) is 2. The van der Waals surface area contributed by atoms with Crippen LogP contribution in [0.2, 0.25) is 0 Å². The third-order valence-corrected chi connectivity index (χ3v) is 9.41. The zero-order chi connectivity index (χ0) is 21.0. The van der Waals surface area contributed by atoms with E-state index in [2.05, 4.69) is 10.6 Å². The maximum atomic E-state index is 12.6. The van der Waals surface area contributed by atoms with Gasteiger partial charge in [-0.2, -0.15) is 4.31 Å². The van der Waals surface area contributed by atoms with Gasteiger partial charge in [0.25, 0.3) is 10.0 Å². The van der Waals surface area contributed by atoms with Gasteiger partial charge < -0.3 is 10.6 Å². The van der Waals surface area contributed by atoms with Crippen LogP contribution >= 0.6 is 11.3 Å². The van der Waals surface area contributed by atoms with Crippen molar-refractivity contribution in [2.75, 3.05) is 30.3 Å². The molecule has 0 unspecified atom stereocenters. The van der Waals surface area contributed by atoms with E-state index in [1.54, 1.807) is 17.5 Å². The van der Waals surface area contributed by atoms with Crippen LogP contribution in [-0.4, -0.2) is 38.3 Å². The number of carbonyl (C=O) groups excluding carboxylic acids is 1. The second-order valence-corrected chi connectivity index (χ2v) is 11.3. The molecular formula is C22H29N3O3S2. The minimum atomic E-state index is -3.43. The van der Waals surface area contributed by atoms with Gasteiger partial charge in [-0.15, -0.1) is 11.3 Å². The zero-order valence-electron chi connectivity index (χ0n) is 17.0. The number of sulfonamides is 1. The summed E-state index contributed by atoms with van der Waals surface area (Å²) >= 11 is 1.23. The number of nitrogens with zero attached hydrogens (tertiary/aromatic N) is 1. The molecular weight excluding hydrogens is 418 g/mol. The quantitative estimate of drug-likeness (QED) is 0.660. The highest BCUT2D eigenvalue weighted by Gasteiger charge is 2.32. The molecule has 1 saturated heterocycles. The minimum Gasteiger partial charge on any atom is -0.385 e. The molecule has 2 aromatic rings. The van der Waals surface area contributed by atoms with Crippen molar-refractivity contribution in [3.8, 4) is 0 Å². The fourth-order valence-corrected chi connectivity index (χ4v) is 6.90. The Kier molecular flexibility index (Phi) is 6.75. The van der Waals surface area contributed by atoms with Gasteiger partial charge in [-0.05, 0) is 67.3 Å². The Balaban J connectivity index is 1.25. The van der Waals surface area contributed by atoms with E-state index in [1.807, 2.05) is 24.3 Å². The van der Waals surface area contributed by atoms with Crippen molar-refractivity contribution in [2.45, 2.75) is 42.7 Å². The van der Waals surface area contributed by atoms with Crippen LogP contribution in [0, 0.1) is 11.8 Å². The second-order valence-electron chi connectivity index (χ2n) is 8.21. The van der Waals surface area contributed by atoms with E-state index in [0.717, 1.165) is 23.8 Å². The summed E-state index contributed by atoms with van der Waals surface area (Å²) in [4.78, 5) is 12.6. The van der Waals surface area contributed by atoms with Crippen molar-refractivity contribution in [1.29, 1.82) is 0 Å². The number of carbonyl (C=O) groups is 1. The Morgan fingerprint density at radius 3 is 2.30 bits per heavy atom. The lowest BCUT2D eigenvalue weighted by Gasteiger charge is -2.30. The molecule has 0 atom stereocenters. The number of benzene rings is 1. The van der Waals surface area contributed by atoms with E-state index in [4.69, 9.17) is 0 Å². The highest BCUT2D eigenvalue weighted by molar-refractivity contribution is 7.91. The largest absolute Gasteiger partial charge is 0.385 e. The Morgan fingerprint density at radius 2 is 1.67 bits per heavy atom. The molecule has 6 nitrogen and oxygen atoms in total. The molecule has 1 saturated carbocycles. The van der Waals surface area contributed by atoms with E-state index in [1.165, 1.54) is 41.3 Å². The van der Waals surface area contributed by atoms with E-state index < -0.39 is 10.0 Å². The summed E-state index contributed by atoms with van der Waals surface area (Å²) in [6.07, 6.45) is 6.39. The van der Waals surface area contributed by atoms with Crippen LogP contribution in [0.5, 0.6) is 0 Å². The van der Waals surface area contributed by atoms with Gasteiger partial charge in [0.15, 0.2) is 0 Å². The van der Waals surface area contributed by atoms with Crippen LogP contribution in [0.3, 0.4) is 0 Å². The third-order valence-electron chi connectivity index (χ3n) is 6.14. The molecule has 1 aromatic carbocycles. The number of piperidine rings is 1. The molecule has 1 aromatic heterocycles. The standard InChI is InChI=1S/C22H29N3O3S2/c26-22(18-11-13-25(14-12-18)30(27,28)21-6-3-15-29-21)24-20-9-7-19(8-10-20)23-16-17-4-1-2-5-17/h3,6-10,15,17-18,23H,1-2,4-5,11-14,16H2,(H,24,26). The summed E-state index contributed by atoms with van der Waals surface area (Å²) in [5.74, 6) is 0.577. The zero-order valence-corrected chi connectivity index (χ0v) is 18.7. The number of hydrogen-bond acceptors (Lipinski definition) is 5. The maximum Gasteiger partial charge on any atom is 0.252 e. The molecule has 2 aliphatic rings. The molecule has 30 heavy (non-hydrogen) atoms. The predicted octanol–water partition coefficient (Wildman–Crippen LogP) is 4.39. The van der Waals surface area contributed by atoms with Crippen molar-refractivity contribution >= 4 is 38.6 Å². The predicted molar refractivity (Wildman–Crippen MR) is 121 cm³/mol. The lowest BCUT2D eigenvalue weighted by Crippen LogP contribution is -2.41. The summed E-state index contributed by atoms with van der Waals surface area (Å²) in [5, 5.41) is 8.24. The fraction of sp³-hybridized carbons (Fsp3) is 0.500. The van der Waals surface area contributed by atoms with Crippen molar-refractivity contribution in [1.82, 2.24) is 4.31 Å². The highest BCUT2D eigenvalue weighted by atomic mass is 32.2. The number of anilines is 2. The van der Waals surface area contributed by atoms with E-state index in [-0.39, 0.29) is 11.8 Å². The molecule has 1 aliphatic heterocycles. The molecule has 0 spiro atoms. The summed E-state index contributed by atoms with van der Waals surface area (Å²) < 4.78 is 27.1. The summed E-state index contributed by atoms with van der Waals surface area (Å²) in [6, 6.07) is 11.2. The van der Waals surface area contributed by atoms with Crippen LogP contribution < -0.4 is 10.6 Å². The monoisotopic (exact) mass is 447 g/mol. The van der Waals surface area contributed by atoms with Gasteiger partial charge in [-0.1, -0.05) is 18.9 Å². The topological polar surface area (TPSA) is 78.5 Å². The van der Waals surface area contributed by atoms with Gasteiger partial charge in [0.1, 0.15) is 4.21 Å². The summed E-state index contributed by atoms with van der Waals surface area (Å²) in [6.45, 7) is 1.77. The van der Waals surface area contributed by atoms with Crippen LogP contribution in [0.4, 0.5) is 11.4 Å². The van der Waals surface area contributed by atoms with E-state index in [9.17, 15) is 13.2 Å². The average molecular weight is 448 g/mol. The molecule has 1 amide bonds. The second kappa shape index (κ2) is 9.49.